The lowest BCUT2D eigenvalue weighted by atomic mass is 10.2. The second-order valence-corrected chi connectivity index (χ2v) is 4.71. The second-order valence-electron chi connectivity index (χ2n) is 4.71. The van der Waals surface area contributed by atoms with E-state index >= 15 is 0 Å². The molecule has 22 heavy (non-hydrogen) atoms. The molecule has 1 amide bonds. The summed E-state index contributed by atoms with van der Waals surface area (Å²) >= 11 is 0. The van der Waals surface area contributed by atoms with Crippen LogP contribution in [0.4, 0.5) is 11.4 Å². The van der Waals surface area contributed by atoms with Crippen molar-refractivity contribution in [1.82, 2.24) is 0 Å². The summed E-state index contributed by atoms with van der Waals surface area (Å²) in [5.41, 5.74) is 2.46. The third-order valence-corrected chi connectivity index (χ3v) is 3.15. The topological polar surface area (TPSA) is 32.3 Å². The van der Waals surface area contributed by atoms with Crippen molar-refractivity contribution in [2.75, 3.05) is 23.3 Å². The van der Waals surface area contributed by atoms with Crippen LogP contribution in [0.1, 0.15) is 5.56 Å². The van der Waals surface area contributed by atoms with Crippen molar-refractivity contribution in [2.45, 2.75) is 0 Å². The van der Waals surface area contributed by atoms with Crippen LogP contribution in [-0.2, 0) is 4.79 Å². The van der Waals surface area contributed by atoms with Gasteiger partial charge in [0.2, 0.25) is 5.91 Å². The van der Waals surface area contributed by atoms with Gasteiger partial charge in [-0.3, -0.25) is 4.79 Å². The van der Waals surface area contributed by atoms with Gasteiger partial charge >= 0.3 is 0 Å². The number of nitrogens with zero attached hydrogens (tertiary/aromatic N) is 1. The quantitative estimate of drug-likeness (QED) is 0.654. The van der Waals surface area contributed by atoms with Gasteiger partial charge in [-0.1, -0.05) is 36.3 Å². The Kier molecular flexibility index (Phi) is 5.39. The molecule has 0 aliphatic carbocycles. The zero-order valence-electron chi connectivity index (χ0n) is 12.3. The summed E-state index contributed by atoms with van der Waals surface area (Å²) in [6, 6.07) is 17.0. The number of anilines is 2. The normalized spacial score (nSPS) is 9.59. The van der Waals surface area contributed by atoms with Gasteiger partial charge in [0.05, 0.1) is 6.54 Å². The lowest BCUT2D eigenvalue weighted by Gasteiger charge is -2.21. The molecule has 1 N–H and O–H groups in total. The number of carbonyl (C=O) groups excluding carboxylic acids is 1. The molecule has 0 aliphatic rings. The van der Waals surface area contributed by atoms with Crippen molar-refractivity contribution in [3.63, 3.8) is 0 Å². The number of terminal acetylenes is 1. The lowest BCUT2D eigenvalue weighted by Crippen LogP contribution is -2.35. The molecule has 110 valence electrons. The number of hydrogen-bond acceptors (Lipinski definition) is 2. The highest BCUT2D eigenvalue weighted by atomic mass is 16.2. The van der Waals surface area contributed by atoms with E-state index in [4.69, 9.17) is 6.42 Å². The molecule has 0 spiro atoms. The van der Waals surface area contributed by atoms with Crippen molar-refractivity contribution in [1.29, 1.82) is 0 Å². The van der Waals surface area contributed by atoms with E-state index in [0.29, 0.717) is 6.54 Å². The molecule has 0 fully saturated rings. The Bertz CT molecular complexity index is 686. The fourth-order valence-corrected chi connectivity index (χ4v) is 2.08. The monoisotopic (exact) mass is 290 g/mol. The summed E-state index contributed by atoms with van der Waals surface area (Å²) < 4.78 is 0. The van der Waals surface area contributed by atoms with Crippen molar-refractivity contribution in [3.05, 3.63) is 72.8 Å². The van der Waals surface area contributed by atoms with Crippen LogP contribution < -0.4 is 10.2 Å². The Hall–Kier alpha value is -2.99. The molecule has 0 radical (unpaired) electrons. The summed E-state index contributed by atoms with van der Waals surface area (Å²) in [5.74, 6) is 2.54. The minimum Gasteiger partial charge on any atom is -0.376 e. The van der Waals surface area contributed by atoms with Gasteiger partial charge in [-0.25, -0.2) is 0 Å². The van der Waals surface area contributed by atoms with Crippen LogP contribution in [0, 0.1) is 12.3 Å². The molecule has 2 rings (SSSR count). The molecule has 0 heterocycles. The molecule has 2 aromatic carbocycles. The van der Waals surface area contributed by atoms with Crippen LogP contribution in [-0.4, -0.2) is 19.0 Å². The van der Waals surface area contributed by atoms with E-state index in [-0.39, 0.29) is 12.5 Å². The van der Waals surface area contributed by atoms with Gasteiger partial charge in [-0.2, -0.15) is 0 Å². The molecule has 0 atom stereocenters. The molecule has 3 heteroatoms. The number of rotatable bonds is 6. The summed E-state index contributed by atoms with van der Waals surface area (Å²) in [4.78, 5) is 14.1. The van der Waals surface area contributed by atoms with Gasteiger partial charge in [-0.15, -0.1) is 13.0 Å². The summed E-state index contributed by atoms with van der Waals surface area (Å²) in [6.07, 6.45) is 7.09. The van der Waals surface area contributed by atoms with E-state index in [1.54, 1.807) is 11.0 Å². The van der Waals surface area contributed by atoms with Gasteiger partial charge in [-0.05, 0) is 30.3 Å². The van der Waals surface area contributed by atoms with Crippen LogP contribution in [0.5, 0.6) is 0 Å². The number of nitrogens with one attached hydrogen (secondary N) is 1. The molecule has 0 bridgehead atoms. The minimum atomic E-state index is -0.0304. The number of benzene rings is 2. The maximum absolute atomic E-state index is 12.4. The Morgan fingerprint density at radius 1 is 1.23 bits per heavy atom. The Morgan fingerprint density at radius 2 is 2.00 bits per heavy atom. The maximum atomic E-state index is 12.4. The smallest absolute Gasteiger partial charge is 0.246 e. The number of amides is 1. The molecule has 0 aliphatic heterocycles. The first kappa shape index (κ1) is 15.4. The molecular weight excluding hydrogens is 272 g/mol. The third-order valence-electron chi connectivity index (χ3n) is 3.15. The number of para-hydroxylation sites is 1. The first-order valence-electron chi connectivity index (χ1n) is 7.01. The lowest BCUT2D eigenvalue weighted by molar-refractivity contribution is -0.116. The van der Waals surface area contributed by atoms with Gasteiger partial charge in [0, 0.05) is 23.5 Å². The predicted octanol–water partition coefficient (Wildman–Crippen LogP) is 3.30. The highest BCUT2D eigenvalue weighted by Crippen LogP contribution is 2.14. The van der Waals surface area contributed by atoms with Gasteiger partial charge in [0.15, 0.2) is 0 Å². The third kappa shape index (κ3) is 4.00. The van der Waals surface area contributed by atoms with Gasteiger partial charge < -0.3 is 10.2 Å². The van der Waals surface area contributed by atoms with E-state index in [2.05, 4.69) is 17.8 Å². The zero-order chi connectivity index (χ0) is 15.8. The Balaban J connectivity index is 2.05. The van der Waals surface area contributed by atoms with Crippen LogP contribution >= 0.6 is 0 Å². The van der Waals surface area contributed by atoms with E-state index in [0.717, 1.165) is 16.9 Å². The fourth-order valence-electron chi connectivity index (χ4n) is 2.08. The molecular formula is C19H18N2O. The SMILES string of the molecule is C#Cc1cccc(NCC(=O)N(CC=C)c2ccccc2)c1. The Morgan fingerprint density at radius 3 is 2.68 bits per heavy atom. The van der Waals surface area contributed by atoms with E-state index in [1.165, 1.54) is 0 Å². The first-order chi connectivity index (χ1) is 10.7. The summed E-state index contributed by atoms with van der Waals surface area (Å²) in [5, 5.41) is 3.11. The van der Waals surface area contributed by atoms with Crippen LogP contribution in [0.25, 0.3) is 0 Å². The molecule has 2 aromatic rings. The summed E-state index contributed by atoms with van der Waals surface area (Å²) in [6.45, 7) is 4.37. The van der Waals surface area contributed by atoms with Crippen LogP contribution in [0.3, 0.4) is 0 Å². The van der Waals surface area contributed by atoms with Crippen molar-refractivity contribution in [3.8, 4) is 12.3 Å². The van der Waals surface area contributed by atoms with E-state index < -0.39 is 0 Å². The number of hydrogen-bond donors (Lipinski definition) is 1. The average molecular weight is 290 g/mol. The predicted molar refractivity (Wildman–Crippen MR) is 91.9 cm³/mol. The summed E-state index contributed by atoms with van der Waals surface area (Å²) in [7, 11) is 0. The molecule has 0 saturated carbocycles. The highest BCUT2D eigenvalue weighted by Gasteiger charge is 2.13. The molecule has 0 saturated heterocycles. The van der Waals surface area contributed by atoms with Crippen LogP contribution in [0.2, 0.25) is 0 Å². The van der Waals surface area contributed by atoms with E-state index in [9.17, 15) is 4.79 Å². The molecule has 0 aromatic heterocycles. The zero-order valence-corrected chi connectivity index (χ0v) is 12.3. The van der Waals surface area contributed by atoms with Crippen LogP contribution in [0.15, 0.2) is 67.3 Å². The standard InChI is InChI=1S/C19H18N2O/c1-3-13-21(18-11-6-5-7-12-18)19(22)15-20-17-10-8-9-16(4-2)14-17/h2-3,5-12,14,20H,1,13,15H2. The largest absolute Gasteiger partial charge is 0.376 e. The average Bonchev–Trinajstić information content (AvgIpc) is 2.58. The van der Waals surface area contributed by atoms with Crippen molar-refractivity contribution in [2.24, 2.45) is 0 Å². The molecule has 0 unspecified atom stereocenters. The fraction of sp³-hybridized carbons (Fsp3) is 0.105. The van der Waals surface area contributed by atoms with Crippen molar-refractivity contribution < 1.29 is 4.79 Å². The maximum Gasteiger partial charge on any atom is 0.246 e. The van der Waals surface area contributed by atoms with E-state index in [1.807, 2.05) is 54.6 Å². The minimum absolute atomic E-state index is 0.0304. The van der Waals surface area contributed by atoms with Gasteiger partial charge in [0.25, 0.3) is 0 Å². The first-order valence-corrected chi connectivity index (χ1v) is 7.01. The van der Waals surface area contributed by atoms with Gasteiger partial charge in [0.1, 0.15) is 0 Å². The Labute approximate surface area is 131 Å². The second kappa shape index (κ2) is 7.70. The number of carbonyl (C=O) groups is 1. The van der Waals surface area contributed by atoms with Crippen molar-refractivity contribution >= 4 is 17.3 Å². The molecule has 3 nitrogen and oxygen atoms in total. The highest BCUT2D eigenvalue weighted by molar-refractivity contribution is 5.96.